The zero-order valence-electron chi connectivity index (χ0n) is 12.9. The van der Waals surface area contributed by atoms with E-state index >= 15 is 0 Å². The molecule has 2 rings (SSSR count). The Hall–Kier alpha value is -2.15. The molecule has 0 heterocycles. The summed E-state index contributed by atoms with van der Waals surface area (Å²) in [6.07, 6.45) is -2.38. The van der Waals surface area contributed by atoms with Crippen molar-refractivity contribution in [3.8, 4) is 5.75 Å². The van der Waals surface area contributed by atoms with Crippen LogP contribution in [0.1, 0.15) is 15.9 Å². The quantitative estimate of drug-likeness (QED) is 0.813. The lowest BCUT2D eigenvalue weighted by Crippen LogP contribution is -2.19. The molecule has 0 unspecified atom stereocenters. The van der Waals surface area contributed by atoms with Crippen molar-refractivity contribution in [3.05, 3.63) is 59.7 Å². The van der Waals surface area contributed by atoms with Gasteiger partial charge in [-0.1, -0.05) is 12.1 Å². The average Bonchev–Trinajstić information content (AvgIpc) is 2.54. The molecular formula is C17H16F3NO2S. The zero-order valence-corrected chi connectivity index (χ0v) is 13.7. The second-order valence-corrected chi connectivity index (χ2v) is 5.88. The van der Waals surface area contributed by atoms with Crippen molar-refractivity contribution in [2.45, 2.75) is 11.9 Å². The molecule has 24 heavy (non-hydrogen) atoms. The third-order valence-electron chi connectivity index (χ3n) is 3.04. The highest BCUT2D eigenvalue weighted by molar-refractivity contribution is 7.97. The van der Waals surface area contributed by atoms with Gasteiger partial charge in [0.15, 0.2) is 6.61 Å². The van der Waals surface area contributed by atoms with Crippen LogP contribution in [0, 0.1) is 0 Å². The van der Waals surface area contributed by atoms with Gasteiger partial charge in [0.25, 0.3) is 5.91 Å². The van der Waals surface area contributed by atoms with Crippen molar-refractivity contribution in [2.75, 3.05) is 18.2 Å². The van der Waals surface area contributed by atoms with Gasteiger partial charge in [-0.05, 0) is 48.2 Å². The molecule has 1 amide bonds. The fourth-order valence-electron chi connectivity index (χ4n) is 1.92. The number of rotatable bonds is 6. The Morgan fingerprint density at radius 2 is 1.71 bits per heavy atom. The number of benzene rings is 2. The molecule has 128 valence electrons. The van der Waals surface area contributed by atoms with Crippen LogP contribution in [-0.2, 0) is 5.75 Å². The number of amides is 1. The van der Waals surface area contributed by atoms with Crippen molar-refractivity contribution in [3.63, 3.8) is 0 Å². The van der Waals surface area contributed by atoms with Gasteiger partial charge in [0.05, 0.1) is 0 Å². The summed E-state index contributed by atoms with van der Waals surface area (Å²) < 4.78 is 40.8. The first-order valence-electron chi connectivity index (χ1n) is 7.06. The maximum absolute atomic E-state index is 12.1. The molecule has 0 aliphatic heterocycles. The summed E-state index contributed by atoms with van der Waals surface area (Å²) in [6.45, 7) is -1.35. The van der Waals surface area contributed by atoms with Crippen LogP contribution in [0.5, 0.6) is 5.75 Å². The van der Waals surface area contributed by atoms with E-state index in [-0.39, 0.29) is 11.7 Å². The second kappa shape index (κ2) is 8.10. The van der Waals surface area contributed by atoms with E-state index in [9.17, 15) is 18.0 Å². The van der Waals surface area contributed by atoms with E-state index in [1.54, 1.807) is 23.9 Å². The van der Waals surface area contributed by atoms with Gasteiger partial charge in [-0.2, -0.15) is 24.9 Å². The molecule has 0 aromatic heterocycles. The minimum atomic E-state index is -4.38. The molecule has 3 nitrogen and oxygen atoms in total. The molecule has 1 N–H and O–H groups in total. The number of anilines is 1. The van der Waals surface area contributed by atoms with Gasteiger partial charge in [-0.25, -0.2) is 0 Å². The van der Waals surface area contributed by atoms with Crippen LogP contribution in [0.4, 0.5) is 18.9 Å². The van der Waals surface area contributed by atoms with Crippen molar-refractivity contribution < 1.29 is 22.7 Å². The summed E-state index contributed by atoms with van der Waals surface area (Å²) in [5.74, 6) is 0.683. The highest BCUT2D eigenvalue weighted by Gasteiger charge is 2.28. The fourth-order valence-corrected chi connectivity index (χ4v) is 2.45. The summed E-state index contributed by atoms with van der Waals surface area (Å²) in [7, 11) is 0. The van der Waals surface area contributed by atoms with Gasteiger partial charge in [0, 0.05) is 17.0 Å². The predicted molar refractivity (Wildman–Crippen MR) is 89.6 cm³/mol. The molecule has 0 fully saturated rings. The number of carbonyl (C=O) groups excluding carboxylic acids is 1. The Balaban J connectivity index is 1.94. The summed E-state index contributed by atoms with van der Waals surface area (Å²) in [5, 5.41) is 2.69. The number of hydrogen-bond acceptors (Lipinski definition) is 3. The molecule has 0 saturated heterocycles. The summed E-state index contributed by atoms with van der Waals surface area (Å²) in [4.78, 5) is 12.1. The third kappa shape index (κ3) is 5.81. The van der Waals surface area contributed by atoms with E-state index in [4.69, 9.17) is 0 Å². The van der Waals surface area contributed by atoms with Gasteiger partial charge >= 0.3 is 6.18 Å². The van der Waals surface area contributed by atoms with Crippen LogP contribution >= 0.6 is 11.8 Å². The van der Waals surface area contributed by atoms with E-state index in [2.05, 4.69) is 10.1 Å². The second-order valence-electron chi connectivity index (χ2n) is 5.01. The predicted octanol–water partition coefficient (Wildman–Crippen LogP) is 4.74. The highest BCUT2D eigenvalue weighted by atomic mass is 32.2. The van der Waals surface area contributed by atoms with Crippen LogP contribution in [0.2, 0.25) is 0 Å². The topological polar surface area (TPSA) is 38.3 Å². The Morgan fingerprint density at radius 3 is 2.25 bits per heavy atom. The van der Waals surface area contributed by atoms with E-state index < -0.39 is 12.8 Å². The first-order chi connectivity index (χ1) is 11.4. The first-order valence-corrected chi connectivity index (χ1v) is 8.45. The molecule has 0 atom stereocenters. The molecule has 0 saturated carbocycles. The highest BCUT2D eigenvalue weighted by Crippen LogP contribution is 2.20. The van der Waals surface area contributed by atoms with E-state index in [0.717, 1.165) is 11.3 Å². The number of halogens is 3. The molecule has 0 radical (unpaired) electrons. The largest absolute Gasteiger partial charge is 0.484 e. The van der Waals surface area contributed by atoms with Gasteiger partial charge < -0.3 is 10.1 Å². The van der Waals surface area contributed by atoms with E-state index in [1.165, 1.54) is 24.3 Å². The molecule has 0 bridgehead atoms. The molecule has 2 aromatic carbocycles. The number of nitrogens with one attached hydrogen (secondary N) is 1. The van der Waals surface area contributed by atoms with Crippen LogP contribution in [0.25, 0.3) is 0 Å². The van der Waals surface area contributed by atoms with Crippen molar-refractivity contribution >= 4 is 23.4 Å². The maximum Gasteiger partial charge on any atom is 0.422 e. The average molecular weight is 355 g/mol. The molecular weight excluding hydrogens is 339 g/mol. The lowest BCUT2D eigenvalue weighted by molar-refractivity contribution is -0.153. The van der Waals surface area contributed by atoms with Crippen molar-refractivity contribution in [1.29, 1.82) is 0 Å². The number of hydrogen-bond donors (Lipinski definition) is 1. The number of alkyl halides is 3. The minimum Gasteiger partial charge on any atom is -0.484 e. The third-order valence-corrected chi connectivity index (χ3v) is 3.66. The Morgan fingerprint density at radius 1 is 1.08 bits per heavy atom. The Labute approximate surface area is 142 Å². The standard InChI is InChI=1S/C17H16F3NO2S/c1-24-10-12-2-4-13(5-3-12)16(22)21-14-6-8-15(9-7-14)23-11-17(18,19)20/h2-9H,10-11H2,1H3,(H,21,22). The first kappa shape index (κ1) is 18.2. The number of carbonyl (C=O) groups is 1. The fraction of sp³-hybridized carbons (Fsp3) is 0.235. The molecule has 0 aliphatic carbocycles. The Kier molecular flexibility index (Phi) is 6.14. The summed E-state index contributed by atoms with van der Waals surface area (Å²) in [5.41, 5.74) is 2.12. The van der Waals surface area contributed by atoms with E-state index in [0.29, 0.717) is 11.3 Å². The summed E-state index contributed by atoms with van der Waals surface area (Å²) >= 11 is 1.70. The molecule has 0 aliphatic rings. The number of thioether (sulfide) groups is 1. The zero-order chi connectivity index (χ0) is 17.6. The lowest BCUT2D eigenvalue weighted by Gasteiger charge is -2.10. The smallest absolute Gasteiger partial charge is 0.422 e. The van der Waals surface area contributed by atoms with Crippen LogP contribution in [0.3, 0.4) is 0 Å². The van der Waals surface area contributed by atoms with Gasteiger partial charge in [0.2, 0.25) is 0 Å². The number of ether oxygens (including phenoxy) is 1. The van der Waals surface area contributed by atoms with Gasteiger partial charge in [-0.15, -0.1) is 0 Å². The Bertz CT molecular complexity index is 670. The molecule has 2 aromatic rings. The monoisotopic (exact) mass is 355 g/mol. The van der Waals surface area contributed by atoms with Crippen LogP contribution in [-0.4, -0.2) is 24.9 Å². The van der Waals surface area contributed by atoms with Crippen LogP contribution in [0.15, 0.2) is 48.5 Å². The van der Waals surface area contributed by atoms with Gasteiger partial charge in [-0.3, -0.25) is 4.79 Å². The van der Waals surface area contributed by atoms with Crippen molar-refractivity contribution in [1.82, 2.24) is 0 Å². The normalized spacial score (nSPS) is 11.2. The maximum atomic E-state index is 12.1. The molecule has 7 heteroatoms. The van der Waals surface area contributed by atoms with Crippen LogP contribution < -0.4 is 10.1 Å². The molecule has 0 spiro atoms. The van der Waals surface area contributed by atoms with Crippen molar-refractivity contribution in [2.24, 2.45) is 0 Å². The summed E-state index contributed by atoms with van der Waals surface area (Å²) in [6, 6.07) is 13.0. The lowest BCUT2D eigenvalue weighted by atomic mass is 10.1. The minimum absolute atomic E-state index is 0.0896. The van der Waals surface area contributed by atoms with E-state index in [1.807, 2.05) is 18.4 Å². The SMILES string of the molecule is CSCc1ccc(C(=O)Nc2ccc(OCC(F)(F)F)cc2)cc1. The van der Waals surface area contributed by atoms with Gasteiger partial charge in [0.1, 0.15) is 5.75 Å².